The summed E-state index contributed by atoms with van der Waals surface area (Å²) in [6.45, 7) is 6.38. The van der Waals surface area contributed by atoms with Crippen LogP contribution < -0.4 is 9.64 Å². The quantitative estimate of drug-likeness (QED) is 0.521. The molecule has 0 aliphatic heterocycles. The third-order valence-corrected chi connectivity index (χ3v) is 3.91. The molecule has 0 saturated heterocycles. The average molecular weight is 367 g/mol. The van der Waals surface area contributed by atoms with E-state index < -0.39 is 12.1 Å². The molecule has 0 aromatic heterocycles. The molecule has 1 atom stereocenters. The maximum atomic E-state index is 12.6. The van der Waals surface area contributed by atoms with Crippen molar-refractivity contribution in [2.45, 2.75) is 26.9 Å². The molecule has 0 unspecified atom stereocenters. The Labute approximate surface area is 160 Å². The third-order valence-electron chi connectivity index (χ3n) is 3.91. The Morgan fingerprint density at radius 3 is 2.37 bits per heavy atom. The van der Waals surface area contributed by atoms with Gasteiger partial charge in [-0.3, -0.25) is 4.79 Å². The molecule has 0 heterocycles. The molecule has 0 spiro atoms. The number of esters is 1. The second kappa shape index (κ2) is 10.2. The van der Waals surface area contributed by atoms with Crippen molar-refractivity contribution in [3.63, 3.8) is 0 Å². The zero-order valence-electron chi connectivity index (χ0n) is 15.9. The molecule has 0 fully saturated rings. The highest BCUT2D eigenvalue weighted by atomic mass is 16.5. The van der Waals surface area contributed by atoms with Crippen LogP contribution in [0.3, 0.4) is 0 Å². The van der Waals surface area contributed by atoms with Gasteiger partial charge in [0.05, 0.1) is 6.61 Å². The van der Waals surface area contributed by atoms with Crippen LogP contribution in [-0.2, 0) is 14.3 Å². The second-order valence-corrected chi connectivity index (χ2v) is 5.80. The van der Waals surface area contributed by atoms with Crippen molar-refractivity contribution >= 4 is 23.6 Å². The number of anilines is 1. The molecule has 2 aromatic rings. The first-order chi connectivity index (χ1) is 13.1. The largest absolute Gasteiger partial charge is 0.493 e. The number of ether oxygens (including phenoxy) is 2. The zero-order chi connectivity index (χ0) is 19.6. The van der Waals surface area contributed by atoms with Crippen molar-refractivity contribution in [1.29, 1.82) is 0 Å². The molecule has 5 nitrogen and oxygen atoms in total. The van der Waals surface area contributed by atoms with E-state index in [2.05, 4.69) is 0 Å². The van der Waals surface area contributed by atoms with E-state index in [1.807, 2.05) is 68.4 Å². The predicted molar refractivity (Wildman–Crippen MR) is 107 cm³/mol. The van der Waals surface area contributed by atoms with E-state index >= 15 is 0 Å². The van der Waals surface area contributed by atoms with Gasteiger partial charge >= 0.3 is 5.97 Å². The minimum Gasteiger partial charge on any atom is -0.493 e. The molecule has 142 valence electrons. The number of nitrogens with zero attached hydrogens (tertiary/aromatic N) is 1. The van der Waals surface area contributed by atoms with Gasteiger partial charge in [0.15, 0.2) is 6.10 Å². The van der Waals surface area contributed by atoms with Crippen LogP contribution in [0, 0.1) is 0 Å². The molecule has 1 amide bonds. The fourth-order valence-electron chi connectivity index (χ4n) is 2.62. The van der Waals surface area contributed by atoms with Crippen LogP contribution >= 0.6 is 0 Å². The lowest BCUT2D eigenvalue weighted by atomic mass is 10.2. The summed E-state index contributed by atoms with van der Waals surface area (Å²) in [4.78, 5) is 26.3. The lowest BCUT2D eigenvalue weighted by molar-refractivity contribution is -0.149. The van der Waals surface area contributed by atoms with E-state index in [4.69, 9.17) is 9.47 Å². The number of rotatable bonds is 8. The van der Waals surface area contributed by atoms with Gasteiger partial charge in [0.2, 0.25) is 0 Å². The molecule has 0 radical (unpaired) electrons. The first kappa shape index (κ1) is 20.2. The fourth-order valence-corrected chi connectivity index (χ4v) is 2.62. The summed E-state index contributed by atoms with van der Waals surface area (Å²) in [5.41, 5.74) is 1.55. The second-order valence-electron chi connectivity index (χ2n) is 5.80. The molecule has 5 heteroatoms. The normalized spacial score (nSPS) is 11.8. The van der Waals surface area contributed by atoms with Gasteiger partial charge in [-0.2, -0.15) is 0 Å². The predicted octanol–water partition coefficient (Wildman–Crippen LogP) is 4.08. The van der Waals surface area contributed by atoms with Gasteiger partial charge in [0, 0.05) is 23.9 Å². The summed E-state index contributed by atoms with van der Waals surface area (Å²) in [6, 6.07) is 16.7. The Kier molecular flexibility index (Phi) is 7.62. The number of hydrogen-bond donors (Lipinski definition) is 0. The van der Waals surface area contributed by atoms with E-state index in [9.17, 15) is 9.59 Å². The van der Waals surface area contributed by atoms with Crippen LogP contribution in [0.4, 0.5) is 5.69 Å². The Bertz CT molecular complexity index is 786. The van der Waals surface area contributed by atoms with Crippen molar-refractivity contribution in [2.75, 3.05) is 18.1 Å². The number of hydrogen-bond acceptors (Lipinski definition) is 4. The first-order valence-corrected chi connectivity index (χ1v) is 9.03. The van der Waals surface area contributed by atoms with Crippen LogP contribution in [0.15, 0.2) is 60.7 Å². The van der Waals surface area contributed by atoms with Gasteiger partial charge in [0.1, 0.15) is 5.75 Å². The zero-order valence-corrected chi connectivity index (χ0v) is 15.9. The fraction of sp³-hybridized carbons (Fsp3) is 0.273. The maximum Gasteiger partial charge on any atom is 0.331 e. The van der Waals surface area contributed by atoms with E-state index in [1.54, 1.807) is 17.9 Å². The molecule has 2 rings (SSSR count). The molecule has 0 aliphatic rings. The van der Waals surface area contributed by atoms with E-state index in [1.165, 1.54) is 6.08 Å². The SMILES string of the molecule is CCOc1ccccc1/C=C/C(=O)O[C@@H](C)C(=O)N(CC)c1ccccc1. The molecular weight excluding hydrogens is 342 g/mol. The van der Waals surface area contributed by atoms with Gasteiger partial charge in [-0.25, -0.2) is 4.79 Å². The minimum absolute atomic E-state index is 0.264. The van der Waals surface area contributed by atoms with Gasteiger partial charge in [-0.05, 0) is 45.0 Å². The molecular formula is C22H25NO4. The summed E-state index contributed by atoms with van der Waals surface area (Å²) in [6.07, 6.45) is 2.05. The smallest absolute Gasteiger partial charge is 0.331 e. The highest BCUT2D eigenvalue weighted by Gasteiger charge is 2.23. The lowest BCUT2D eigenvalue weighted by Crippen LogP contribution is -2.39. The molecule has 0 bridgehead atoms. The first-order valence-electron chi connectivity index (χ1n) is 9.03. The number of para-hydroxylation sites is 2. The van der Waals surface area contributed by atoms with E-state index in [0.29, 0.717) is 18.9 Å². The highest BCUT2D eigenvalue weighted by molar-refractivity contribution is 5.98. The summed E-state index contributed by atoms with van der Waals surface area (Å²) in [5, 5.41) is 0. The Morgan fingerprint density at radius 1 is 1.04 bits per heavy atom. The Hall–Kier alpha value is -3.08. The van der Waals surface area contributed by atoms with Crippen molar-refractivity contribution in [2.24, 2.45) is 0 Å². The third kappa shape index (κ3) is 5.71. The minimum atomic E-state index is -0.885. The maximum absolute atomic E-state index is 12.6. The average Bonchev–Trinajstić information content (AvgIpc) is 2.69. The standard InChI is InChI=1S/C22H25NO4/c1-4-23(19-12-7-6-8-13-19)22(25)17(3)27-21(24)16-15-18-11-9-10-14-20(18)26-5-2/h6-17H,4-5H2,1-3H3/b16-15+/t17-/m0/s1. The van der Waals surface area contributed by atoms with Crippen LogP contribution in [-0.4, -0.2) is 31.1 Å². The molecule has 0 N–H and O–H groups in total. The van der Waals surface area contributed by atoms with Crippen molar-refractivity contribution in [3.05, 3.63) is 66.2 Å². The van der Waals surface area contributed by atoms with Gasteiger partial charge in [0.25, 0.3) is 5.91 Å². The van der Waals surface area contributed by atoms with Gasteiger partial charge < -0.3 is 14.4 Å². The number of benzene rings is 2. The van der Waals surface area contributed by atoms with Crippen molar-refractivity contribution in [3.8, 4) is 5.75 Å². The number of carbonyl (C=O) groups excluding carboxylic acids is 2. The summed E-state index contributed by atoms with van der Waals surface area (Å²) in [7, 11) is 0. The lowest BCUT2D eigenvalue weighted by Gasteiger charge is -2.24. The van der Waals surface area contributed by atoms with E-state index in [-0.39, 0.29) is 5.91 Å². The van der Waals surface area contributed by atoms with E-state index in [0.717, 1.165) is 11.3 Å². The molecule has 0 saturated carbocycles. The van der Waals surface area contributed by atoms with Gasteiger partial charge in [-0.1, -0.05) is 36.4 Å². The van der Waals surface area contributed by atoms with Crippen molar-refractivity contribution in [1.82, 2.24) is 0 Å². The summed E-state index contributed by atoms with van der Waals surface area (Å²) in [5.74, 6) is -0.152. The Balaban J connectivity index is 2.01. The number of carbonyl (C=O) groups is 2. The summed E-state index contributed by atoms with van der Waals surface area (Å²) < 4.78 is 10.8. The number of amides is 1. The van der Waals surface area contributed by atoms with Crippen LogP contribution in [0.1, 0.15) is 26.3 Å². The van der Waals surface area contributed by atoms with Gasteiger partial charge in [-0.15, -0.1) is 0 Å². The summed E-state index contributed by atoms with van der Waals surface area (Å²) >= 11 is 0. The topological polar surface area (TPSA) is 55.8 Å². The Morgan fingerprint density at radius 2 is 1.70 bits per heavy atom. The van der Waals surface area contributed by atoms with Crippen molar-refractivity contribution < 1.29 is 19.1 Å². The monoisotopic (exact) mass is 367 g/mol. The highest BCUT2D eigenvalue weighted by Crippen LogP contribution is 2.19. The molecule has 27 heavy (non-hydrogen) atoms. The molecule has 2 aromatic carbocycles. The number of likely N-dealkylation sites (N-methyl/N-ethyl adjacent to an activating group) is 1. The van der Waals surface area contributed by atoms with Crippen LogP contribution in [0.5, 0.6) is 5.75 Å². The van der Waals surface area contributed by atoms with Crippen LogP contribution in [0.25, 0.3) is 6.08 Å². The molecule has 0 aliphatic carbocycles. The van der Waals surface area contributed by atoms with Crippen LogP contribution in [0.2, 0.25) is 0 Å².